The van der Waals surface area contributed by atoms with Crippen molar-refractivity contribution < 1.29 is 4.79 Å². The number of thiophene rings is 1. The molecule has 0 spiro atoms. The predicted octanol–water partition coefficient (Wildman–Crippen LogP) is 3.82. The van der Waals surface area contributed by atoms with Gasteiger partial charge in [0.1, 0.15) is 0 Å². The van der Waals surface area contributed by atoms with E-state index in [2.05, 4.69) is 11.4 Å². The van der Waals surface area contributed by atoms with E-state index in [0.29, 0.717) is 0 Å². The molecule has 1 aliphatic carbocycles. The maximum atomic E-state index is 12.3. The Kier molecular flexibility index (Phi) is 4.40. The van der Waals surface area contributed by atoms with Crippen molar-refractivity contribution in [2.24, 2.45) is 0 Å². The lowest BCUT2D eigenvalue weighted by Crippen LogP contribution is -2.42. The van der Waals surface area contributed by atoms with E-state index in [4.69, 9.17) is 11.6 Å². The van der Waals surface area contributed by atoms with E-state index in [9.17, 15) is 4.79 Å². The minimum atomic E-state index is 0.0712. The molecule has 1 aromatic rings. The molecule has 3 rings (SSSR count). The van der Waals surface area contributed by atoms with Crippen LogP contribution in [0.25, 0.3) is 0 Å². The van der Waals surface area contributed by atoms with Crippen LogP contribution in [0.1, 0.15) is 45.8 Å². The highest BCUT2D eigenvalue weighted by Gasteiger charge is 2.26. The van der Waals surface area contributed by atoms with Crippen LogP contribution in [0.4, 0.5) is 0 Å². The van der Waals surface area contributed by atoms with Gasteiger partial charge in [-0.1, -0.05) is 12.8 Å². The van der Waals surface area contributed by atoms with Gasteiger partial charge in [0.25, 0.3) is 5.91 Å². The fraction of sp³-hybridized carbons (Fsp3) is 0.643. The number of halogens is 1. The van der Waals surface area contributed by atoms with Crippen molar-refractivity contribution in [2.75, 3.05) is 5.75 Å². The van der Waals surface area contributed by atoms with Gasteiger partial charge in [-0.2, -0.15) is 11.8 Å². The fourth-order valence-electron chi connectivity index (χ4n) is 2.75. The van der Waals surface area contributed by atoms with Crippen LogP contribution in [-0.2, 0) is 12.2 Å². The van der Waals surface area contributed by atoms with Crippen molar-refractivity contribution in [1.29, 1.82) is 0 Å². The summed E-state index contributed by atoms with van der Waals surface area (Å²) in [4.78, 5) is 14.6. The third-order valence-electron chi connectivity index (χ3n) is 3.85. The van der Waals surface area contributed by atoms with Crippen LogP contribution in [0, 0.1) is 0 Å². The molecule has 5 heteroatoms. The van der Waals surface area contributed by atoms with E-state index in [0.717, 1.165) is 29.9 Å². The Bertz CT molecular complexity index is 451. The van der Waals surface area contributed by atoms with Crippen LogP contribution in [0.2, 0.25) is 0 Å². The first-order valence-electron chi connectivity index (χ1n) is 6.88. The summed E-state index contributed by atoms with van der Waals surface area (Å²) in [5.74, 6) is 2.31. The predicted molar refractivity (Wildman–Crippen MR) is 83.5 cm³/mol. The summed E-state index contributed by atoms with van der Waals surface area (Å²) in [6.45, 7) is 0. The number of amides is 1. The summed E-state index contributed by atoms with van der Waals surface area (Å²) in [5, 5.41) is 3.23. The average molecular weight is 316 g/mol. The highest BCUT2D eigenvalue weighted by molar-refractivity contribution is 7.98. The minimum absolute atomic E-state index is 0.0712. The van der Waals surface area contributed by atoms with Gasteiger partial charge in [-0.25, -0.2) is 0 Å². The van der Waals surface area contributed by atoms with Gasteiger partial charge >= 0.3 is 0 Å². The van der Waals surface area contributed by atoms with Crippen LogP contribution in [-0.4, -0.2) is 23.1 Å². The number of fused-ring (bicyclic) bond motifs is 1. The zero-order valence-corrected chi connectivity index (χ0v) is 13.2. The van der Waals surface area contributed by atoms with E-state index in [1.54, 1.807) is 11.3 Å². The zero-order valence-electron chi connectivity index (χ0n) is 10.8. The first-order valence-corrected chi connectivity index (χ1v) is 9.29. The standard InChI is InChI=1S/C14H18ClNOS2/c15-10-3-1-2-4-11(10)16-14(17)13-7-9-8-18-6-5-12(9)19-13/h7,10-11H,1-6,8H2,(H,16,17). The van der Waals surface area contributed by atoms with E-state index >= 15 is 0 Å². The Hall–Kier alpha value is -0.190. The molecule has 1 saturated carbocycles. The maximum absolute atomic E-state index is 12.3. The summed E-state index contributed by atoms with van der Waals surface area (Å²) < 4.78 is 0. The number of hydrogen-bond donors (Lipinski definition) is 1. The monoisotopic (exact) mass is 315 g/mol. The van der Waals surface area contributed by atoms with Crippen molar-refractivity contribution in [3.63, 3.8) is 0 Å². The minimum Gasteiger partial charge on any atom is -0.347 e. The third kappa shape index (κ3) is 3.11. The van der Waals surface area contributed by atoms with E-state index in [-0.39, 0.29) is 17.3 Å². The number of aryl methyl sites for hydroxylation is 1. The Morgan fingerprint density at radius 3 is 3.00 bits per heavy atom. The van der Waals surface area contributed by atoms with E-state index < -0.39 is 0 Å². The highest BCUT2D eigenvalue weighted by Crippen LogP contribution is 2.32. The van der Waals surface area contributed by atoms with Crippen LogP contribution < -0.4 is 5.32 Å². The normalized spacial score (nSPS) is 26.8. The molecular formula is C14H18ClNOS2. The van der Waals surface area contributed by atoms with Gasteiger partial charge in [0.2, 0.25) is 0 Å². The SMILES string of the molecule is O=C(NC1CCCCC1Cl)c1cc2c(s1)CCSC2. The summed E-state index contributed by atoms with van der Waals surface area (Å²) in [6.07, 6.45) is 5.50. The van der Waals surface area contributed by atoms with Gasteiger partial charge in [0, 0.05) is 16.7 Å². The number of nitrogens with one attached hydrogen (secondary N) is 1. The molecule has 2 nitrogen and oxygen atoms in total. The smallest absolute Gasteiger partial charge is 0.261 e. The molecule has 2 heterocycles. The summed E-state index contributed by atoms with van der Waals surface area (Å²) >= 11 is 9.92. The lowest BCUT2D eigenvalue weighted by molar-refractivity contribution is 0.0933. The summed E-state index contributed by atoms with van der Waals surface area (Å²) in [5.41, 5.74) is 1.36. The molecule has 1 aromatic heterocycles. The molecule has 0 radical (unpaired) electrons. The molecule has 1 aliphatic heterocycles. The second kappa shape index (κ2) is 6.06. The quantitative estimate of drug-likeness (QED) is 0.841. The van der Waals surface area contributed by atoms with Gasteiger partial charge in [0.05, 0.1) is 10.3 Å². The number of carbonyl (C=O) groups is 1. The lowest BCUT2D eigenvalue weighted by Gasteiger charge is -2.27. The number of carbonyl (C=O) groups excluding carboxylic acids is 1. The Morgan fingerprint density at radius 1 is 1.37 bits per heavy atom. The first kappa shape index (κ1) is 13.8. The van der Waals surface area contributed by atoms with Crippen molar-refractivity contribution in [3.8, 4) is 0 Å². The first-order chi connectivity index (χ1) is 9.24. The van der Waals surface area contributed by atoms with Crippen LogP contribution in [0.5, 0.6) is 0 Å². The summed E-state index contributed by atoms with van der Waals surface area (Å²) in [6, 6.07) is 2.23. The molecule has 104 valence electrons. The van der Waals surface area contributed by atoms with Gasteiger partial charge in [-0.05, 0) is 36.6 Å². The molecular weight excluding hydrogens is 298 g/mol. The number of alkyl halides is 1. The maximum Gasteiger partial charge on any atom is 0.261 e. The van der Waals surface area contributed by atoms with Gasteiger partial charge in [0.15, 0.2) is 0 Å². The average Bonchev–Trinajstić information content (AvgIpc) is 2.85. The second-order valence-electron chi connectivity index (χ2n) is 5.24. The fourth-order valence-corrected chi connectivity index (χ4v) is 5.37. The molecule has 1 fully saturated rings. The number of thioether (sulfide) groups is 1. The molecule has 0 saturated heterocycles. The molecule has 19 heavy (non-hydrogen) atoms. The molecule has 1 N–H and O–H groups in total. The van der Waals surface area contributed by atoms with Gasteiger partial charge in [-0.3, -0.25) is 4.79 Å². The molecule has 0 aromatic carbocycles. The van der Waals surface area contributed by atoms with E-state index in [1.807, 2.05) is 11.8 Å². The molecule has 2 aliphatic rings. The number of hydrogen-bond acceptors (Lipinski definition) is 3. The summed E-state index contributed by atoms with van der Waals surface area (Å²) in [7, 11) is 0. The van der Waals surface area contributed by atoms with Crippen molar-refractivity contribution in [2.45, 2.75) is 49.3 Å². The van der Waals surface area contributed by atoms with Gasteiger partial charge in [-0.15, -0.1) is 22.9 Å². The Labute approximate surface area is 127 Å². The van der Waals surface area contributed by atoms with Gasteiger partial charge < -0.3 is 5.32 Å². The number of rotatable bonds is 2. The molecule has 1 amide bonds. The zero-order chi connectivity index (χ0) is 13.2. The molecule has 0 bridgehead atoms. The third-order valence-corrected chi connectivity index (χ3v) is 6.62. The highest BCUT2D eigenvalue weighted by atomic mass is 35.5. The van der Waals surface area contributed by atoms with Crippen LogP contribution in [0.3, 0.4) is 0 Å². The van der Waals surface area contributed by atoms with Crippen LogP contribution >= 0.6 is 34.7 Å². The van der Waals surface area contributed by atoms with Crippen molar-refractivity contribution >= 4 is 40.6 Å². The van der Waals surface area contributed by atoms with Crippen molar-refractivity contribution in [1.82, 2.24) is 5.32 Å². The topological polar surface area (TPSA) is 29.1 Å². The Morgan fingerprint density at radius 2 is 2.21 bits per heavy atom. The van der Waals surface area contributed by atoms with Crippen LogP contribution in [0.15, 0.2) is 6.07 Å². The Balaban J connectivity index is 1.68. The largest absolute Gasteiger partial charge is 0.347 e. The second-order valence-corrected chi connectivity index (χ2v) is 8.04. The lowest BCUT2D eigenvalue weighted by atomic mass is 9.95. The van der Waals surface area contributed by atoms with E-state index in [1.165, 1.54) is 29.0 Å². The molecule has 2 atom stereocenters. The molecule has 2 unspecified atom stereocenters. The van der Waals surface area contributed by atoms with Crippen molar-refractivity contribution in [3.05, 3.63) is 21.4 Å².